The Hall–Kier alpha value is -2.31. The summed E-state index contributed by atoms with van der Waals surface area (Å²) in [5.41, 5.74) is -0.148. The third-order valence-electron chi connectivity index (χ3n) is 2.34. The number of H-pyrrole nitrogens is 1. The first kappa shape index (κ1) is 13.1. The van der Waals surface area contributed by atoms with E-state index >= 15 is 0 Å². The number of aromatic nitrogens is 2. The molecule has 0 saturated heterocycles. The standard InChI is InChI=1S/C12H10F3N3O/c1-7-6-10(19)18-11(16-7)17-9-4-2-8(3-5-9)12(13,14)15/h2-6H,1H3,(H2,16,17,18,19). The Bertz CT molecular complexity index is 632. The molecule has 0 aliphatic carbocycles. The summed E-state index contributed by atoms with van der Waals surface area (Å²) in [6, 6.07) is 5.76. The van der Waals surface area contributed by atoms with Gasteiger partial charge < -0.3 is 5.32 Å². The Morgan fingerprint density at radius 2 is 1.84 bits per heavy atom. The molecule has 100 valence electrons. The van der Waals surface area contributed by atoms with Crippen molar-refractivity contribution in [3.05, 3.63) is 51.9 Å². The fourth-order valence-corrected chi connectivity index (χ4v) is 1.52. The highest BCUT2D eigenvalue weighted by Gasteiger charge is 2.29. The fraction of sp³-hybridized carbons (Fsp3) is 0.167. The number of alkyl halides is 3. The van der Waals surface area contributed by atoms with Crippen LogP contribution in [0.3, 0.4) is 0 Å². The Kier molecular flexibility index (Phi) is 3.28. The summed E-state index contributed by atoms with van der Waals surface area (Å²) >= 11 is 0. The lowest BCUT2D eigenvalue weighted by Gasteiger charge is -2.09. The van der Waals surface area contributed by atoms with Gasteiger partial charge in [-0.1, -0.05) is 0 Å². The number of benzene rings is 1. The summed E-state index contributed by atoms with van der Waals surface area (Å²) in [5.74, 6) is 0.185. The molecule has 1 heterocycles. The molecule has 1 aromatic carbocycles. The monoisotopic (exact) mass is 269 g/mol. The molecule has 0 aliphatic heterocycles. The molecule has 2 aromatic rings. The van der Waals surface area contributed by atoms with Crippen LogP contribution in [0.2, 0.25) is 0 Å². The van der Waals surface area contributed by atoms with Crippen molar-refractivity contribution in [3.63, 3.8) is 0 Å². The summed E-state index contributed by atoms with van der Waals surface area (Å²) < 4.78 is 37.1. The quantitative estimate of drug-likeness (QED) is 0.881. The number of nitrogens with one attached hydrogen (secondary N) is 2. The number of anilines is 2. The van der Waals surface area contributed by atoms with E-state index in [1.807, 2.05) is 0 Å². The normalized spacial score (nSPS) is 11.4. The summed E-state index contributed by atoms with van der Waals surface area (Å²) in [7, 11) is 0. The van der Waals surface area contributed by atoms with Crippen LogP contribution in [0.4, 0.5) is 24.8 Å². The Morgan fingerprint density at radius 1 is 1.21 bits per heavy atom. The molecule has 0 fully saturated rings. The molecule has 0 atom stereocenters. The van der Waals surface area contributed by atoms with Crippen LogP contribution in [0.15, 0.2) is 35.1 Å². The summed E-state index contributed by atoms with van der Waals surface area (Å²) in [4.78, 5) is 17.7. The molecule has 0 amide bonds. The molecule has 2 N–H and O–H groups in total. The SMILES string of the molecule is Cc1cc(=O)[nH]c(Nc2ccc(C(F)(F)F)cc2)n1. The summed E-state index contributed by atoms with van der Waals surface area (Å²) in [6.45, 7) is 1.65. The first-order valence-corrected chi connectivity index (χ1v) is 5.37. The van der Waals surface area contributed by atoms with Crippen molar-refractivity contribution >= 4 is 11.6 Å². The average Bonchev–Trinajstić information content (AvgIpc) is 2.26. The molecule has 0 radical (unpaired) electrons. The number of rotatable bonds is 2. The third-order valence-corrected chi connectivity index (χ3v) is 2.34. The van der Waals surface area contributed by atoms with E-state index in [4.69, 9.17) is 0 Å². The largest absolute Gasteiger partial charge is 0.416 e. The molecule has 0 bridgehead atoms. The van der Waals surface area contributed by atoms with Gasteiger partial charge in [0.05, 0.1) is 5.56 Å². The van der Waals surface area contributed by atoms with Crippen LogP contribution < -0.4 is 10.9 Å². The molecule has 7 heteroatoms. The lowest BCUT2D eigenvalue weighted by atomic mass is 10.2. The molecular formula is C12H10F3N3O. The van der Waals surface area contributed by atoms with Gasteiger partial charge in [-0.25, -0.2) is 4.98 Å². The third kappa shape index (κ3) is 3.34. The van der Waals surface area contributed by atoms with Crippen LogP contribution in [0.1, 0.15) is 11.3 Å². The number of hydrogen-bond donors (Lipinski definition) is 2. The van der Waals surface area contributed by atoms with E-state index in [-0.39, 0.29) is 11.5 Å². The predicted octanol–water partition coefficient (Wildman–Crippen LogP) is 2.84. The van der Waals surface area contributed by atoms with E-state index in [0.717, 1.165) is 12.1 Å². The van der Waals surface area contributed by atoms with Gasteiger partial charge in [0.2, 0.25) is 5.95 Å². The smallest absolute Gasteiger partial charge is 0.326 e. The maximum absolute atomic E-state index is 12.4. The van der Waals surface area contributed by atoms with Crippen LogP contribution in [0, 0.1) is 6.92 Å². The summed E-state index contributed by atoms with van der Waals surface area (Å²) in [6.07, 6.45) is -4.37. The minimum Gasteiger partial charge on any atom is -0.326 e. The van der Waals surface area contributed by atoms with E-state index in [1.165, 1.54) is 18.2 Å². The highest BCUT2D eigenvalue weighted by Crippen LogP contribution is 2.30. The highest BCUT2D eigenvalue weighted by molar-refractivity contribution is 5.53. The van der Waals surface area contributed by atoms with E-state index in [2.05, 4.69) is 15.3 Å². The summed E-state index contributed by atoms with van der Waals surface area (Å²) in [5, 5.41) is 2.73. The van der Waals surface area contributed by atoms with Gasteiger partial charge in [-0.2, -0.15) is 13.2 Å². The first-order valence-electron chi connectivity index (χ1n) is 5.37. The van der Waals surface area contributed by atoms with Crippen molar-refractivity contribution in [2.75, 3.05) is 5.32 Å². The number of aromatic amines is 1. The maximum Gasteiger partial charge on any atom is 0.416 e. The Morgan fingerprint density at radius 3 is 2.37 bits per heavy atom. The van der Waals surface area contributed by atoms with Gasteiger partial charge >= 0.3 is 6.18 Å². The second-order valence-corrected chi connectivity index (χ2v) is 3.94. The van der Waals surface area contributed by atoms with Crippen LogP contribution in [0.25, 0.3) is 0 Å². The topological polar surface area (TPSA) is 57.8 Å². The molecule has 0 saturated carbocycles. The maximum atomic E-state index is 12.4. The molecule has 0 aliphatic rings. The number of halogens is 3. The minimum absolute atomic E-state index is 0.185. The zero-order valence-corrected chi connectivity index (χ0v) is 9.88. The molecular weight excluding hydrogens is 259 g/mol. The van der Waals surface area contributed by atoms with Gasteiger partial charge in [0.1, 0.15) is 0 Å². The lowest BCUT2D eigenvalue weighted by Crippen LogP contribution is -2.10. The van der Waals surface area contributed by atoms with Gasteiger partial charge in [-0.15, -0.1) is 0 Å². The van der Waals surface area contributed by atoms with Crippen molar-refractivity contribution in [2.45, 2.75) is 13.1 Å². The van der Waals surface area contributed by atoms with Gasteiger partial charge in [-0.3, -0.25) is 9.78 Å². The van der Waals surface area contributed by atoms with Gasteiger partial charge in [0, 0.05) is 17.4 Å². The molecule has 1 aromatic heterocycles. The second-order valence-electron chi connectivity index (χ2n) is 3.94. The van der Waals surface area contributed by atoms with Crippen molar-refractivity contribution in [3.8, 4) is 0 Å². The van der Waals surface area contributed by atoms with Gasteiger partial charge in [-0.05, 0) is 31.2 Å². The van der Waals surface area contributed by atoms with Crippen molar-refractivity contribution in [1.29, 1.82) is 0 Å². The van der Waals surface area contributed by atoms with Crippen molar-refractivity contribution in [1.82, 2.24) is 9.97 Å². The number of nitrogens with zero attached hydrogens (tertiary/aromatic N) is 1. The van der Waals surface area contributed by atoms with Crippen LogP contribution >= 0.6 is 0 Å². The number of hydrogen-bond acceptors (Lipinski definition) is 3. The van der Waals surface area contributed by atoms with Gasteiger partial charge in [0.25, 0.3) is 5.56 Å². The molecule has 2 rings (SSSR count). The van der Waals surface area contributed by atoms with Crippen molar-refractivity contribution < 1.29 is 13.2 Å². The lowest BCUT2D eigenvalue weighted by molar-refractivity contribution is -0.137. The molecule has 0 spiro atoms. The van der Waals surface area contributed by atoms with E-state index in [0.29, 0.717) is 11.4 Å². The number of aryl methyl sites for hydroxylation is 1. The fourth-order valence-electron chi connectivity index (χ4n) is 1.52. The zero-order valence-electron chi connectivity index (χ0n) is 9.88. The zero-order chi connectivity index (χ0) is 14.0. The minimum atomic E-state index is -4.37. The van der Waals surface area contributed by atoms with Crippen LogP contribution in [0.5, 0.6) is 0 Å². The van der Waals surface area contributed by atoms with E-state index < -0.39 is 11.7 Å². The molecule has 19 heavy (non-hydrogen) atoms. The molecule has 4 nitrogen and oxygen atoms in total. The highest BCUT2D eigenvalue weighted by atomic mass is 19.4. The first-order chi connectivity index (χ1) is 8.84. The van der Waals surface area contributed by atoms with Crippen LogP contribution in [-0.4, -0.2) is 9.97 Å². The Balaban J connectivity index is 2.22. The van der Waals surface area contributed by atoms with Gasteiger partial charge in [0.15, 0.2) is 0 Å². The predicted molar refractivity (Wildman–Crippen MR) is 64.3 cm³/mol. The Labute approximate surface area is 106 Å². The average molecular weight is 269 g/mol. The molecule has 0 unspecified atom stereocenters. The van der Waals surface area contributed by atoms with E-state index in [9.17, 15) is 18.0 Å². The second kappa shape index (κ2) is 4.75. The van der Waals surface area contributed by atoms with Crippen molar-refractivity contribution in [2.24, 2.45) is 0 Å². The van der Waals surface area contributed by atoms with E-state index in [1.54, 1.807) is 6.92 Å². The van der Waals surface area contributed by atoms with Crippen LogP contribution in [-0.2, 0) is 6.18 Å².